The van der Waals surface area contributed by atoms with Crippen molar-refractivity contribution in [3.05, 3.63) is 47.5 Å². The second kappa shape index (κ2) is 3.77. The van der Waals surface area contributed by atoms with Gasteiger partial charge in [-0.25, -0.2) is 14.4 Å². The molecule has 1 heterocycles. The maximum Gasteiger partial charge on any atom is 0.159 e. The van der Waals surface area contributed by atoms with Gasteiger partial charge in [-0.05, 0) is 31.0 Å². The molecule has 0 atom stereocenters. The molecular formula is C12H11FN2. The SMILES string of the molecule is Cc1cnc(-c2ccc(C)c(F)c2)nc1. The van der Waals surface area contributed by atoms with Crippen molar-refractivity contribution >= 4 is 0 Å². The third-order valence-electron chi connectivity index (χ3n) is 2.21. The number of aromatic nitrogens is 2. The van der Waals surface area contributed by atoms with Gasteiger partial charge in [0.05, 0.1) is 0 Å². The van der Waals surface area contributed by atoms with E-state index in [0.29, 0.717) is 17.0 Å². The highest BCUT2D eigenvalue weighted by Crippen LogP contribution is 2.17. The topological polar surface area (TPSA) is 25.8 Å². The van der Waals surface area contributed by atoms with Gasteiger partial charge in [0, 0.05) is 18.0 Å². The van der Waals surface area contributed by atoms with Crippen LogP contribution < -0.4 is 0 Å². The van der Waals surface area contributed by atoms with Crippen molar-refractivity contribution in [1.82, 2.24) is 9.97 Å². The second-order valence-corrected chi connectivity index (χ2v) is 3.55. The molecule has 0 saturated heterocycles. The fourth-order valence-electron chi connectivity index (χ4n) is 1.27. The lowest BCUT2D eigenvalue weighted by molar-refractivity contribution is 0.619. The van der Waals surface area contributed by atoms with Crippen LogP contribution in [0.3, 0.4) is 0 Å². The van der Waals surface area contributed by atoms with E-state index in [0.717, 1.165) is 5.56 Å². The first-order chi connectivity index (χ1) is 7.16. The number of rotatable bonds is 1. The van der Waals surface area contributed by atoms with Crippen molar-refractivity contribution in [2.24, 2.45) is 0 Å². The molecule has 0 aliphatic carbocycles. The Labute approximate surface area is 87.8 Å². The Morgan fingerprint density at radius 2 is 1.73 bits per heavy atom. The fraction of sp³-hybridized carbons (Fsp3) is 0.167. The molecule has 0 amide bonds. The Hall–Kier alpha value is -1.77. The minimum atomic E-state index is -0.225. The monoisotopic (exact) mass is 202 g/mol. The van der Waals surface area contributed by atoms with E-state index >= 15 is 0 Å². The van der Waals surface area contributed by atoms with Gasteiger partial charge in [0.15, 0.2) is 5.82 Å². The van der Waals surface area contributed by atoms with Crippen LogP contribution in [-0.4, -0.2) is 9.97 Å². The zero-order valence-corrected chi connectivity index (χ0v) is 8.66. The molecule has 2 rings (SSSR count). The maximum absolute atomic E-state index is 13.3. The summed E-state index contributed by atoms with van der Waals surface area (Å²) < 4.78 is 13.3. The fourth-order valence-corrected chi connectivity index (χ4v) is 1.27. The summed E-state index contributed by atoms with van der Waals surface area (Å²) in [6, 6.07) is 5.01. The molecule has 0 aliphatic rings. The van der Waals surface area contributed by atoms with Gasteiger partial charge in [0.2, 0.25) is 0 Å². The molecular weight excluding hydrogens is 191 g/mol. The molecule has 3 heteroatoms. The number of hydrogen-bond donors (Lipinski definition) is 0. The minimum absolute atomic E-state index is 0.225. The second-order valence-electron chi connectivity index (χ2n) is 3.55. The third kappa shape index (κ3) is 2.01. The molecule has 0 N–H and O–H groups in total. The van der Waals surface area contributed by atoms with Crippen LogP contribution in [0.15, 0.2) is 30.6 Å². The highest BCUT2D eigenvalue weighted by molar-refractivity contribution is 5.55. The lowest BCUT2D eigenvalue weighted by Crippen LogP contribution is -1.91. The smallest absolute Gasteiger partial charge is 0.159 e. The number of aryl methyl sites for hydroxylation is 2. The van der Waals surface area contributed by atoms with Crippen LogP contribution >= 0.6 is 0 Å². The Morgan fingerprint density at radius 1 is 1.07 bits per heavy atom. The average Bonchev–Trinajstić information content (AvgIpc) is 2.23. The van der Waals surface area contributed by atoms with Crippen LogP contribution in [0.5, 0.6) is 0 Å². The zero-order valence-electron chi connectivity index (χ0n) is 8.66. The predicted octanol–water partition coefficient (Wildman–Crippen LogP) is 2.90. The molecule has 76 valence electrons. The minimum Gasteiger partial charge on any atom is -0.236 e. The van der Waals surface area contributed by atoms with Crippen molar-refractivity contribution < 1.29 is 4.39 Å². The summed E-state index contributed by atoms with van der Waals surface area (Å²) in [5, 5.41) is 0. The van der Waals surface area contributed by atoms with E-state index < -0.39 is 0 Å². The van der Waals surface area contributed by atoms with Crippen molar-refractivity contribution in [1.29, 1.82) is 0 Å². The highest BCUT2D eigenvalue weighted by Gasteiger charge is 2.03. The van der Waals surface area contributed by atoms with E-state index in [-0.39, 0.29) is 5.82 Å². The molecule has 0 saturated carbocycles. The van der Waals surface area contributed by atoms with Gasteiger partial charge in [0.25, 0.3) is 0 Å². The van der Waals surface area contributed by atoms with Crippen LogP contribution in [-0.2, 0) is 0 Å². The molecule has 0 aliphatic heterocycles. The molecule has 1 aromatic heterocycles. The Morgan fingerprint density at radius 3 is 2.33 bits per heavy atom. The average molecular weight is 202 g/mol. The molecule has 2 nitrogen and oxygen atoms in total. The largest absolute Gasteiger partial charge is 0.236 e. The van der Waals surface area contributed by atoms with Crippen molar-refractivity contribution in [2.45, 2.75) is 13.8 Å². The van der Waals surface area contributed by atoms with Crippen LogP contribution in [0.4, 0.5) is 4.39 Å². The van der Waals surface area contributed by atoms with Gasteiger partial charge in [0.1, 0.15) is 5.82 Å². The summed E-state index contributed by atoms with van der Waals surface area (Å²) >= 11 is 0. The summed E-state index contributed by atoms with van der Waals surface area (Å²) in [5.41, 5.74) is 2.33. The normalized spacial score (nSPS) is 10.3. The molecule has 1 aromatic carbocycles. The zero-order chi connectivity index (χ0) is 10.8. The molecule has 0 unspecified atom stereocenters. The maximum atomic E-state index is 13.3. The summed E-state index contributed by atoms with van der Waals surface area (Å²) in [6.45, 7) is 3.65. The molecule has 2 aromatic rings. The molecule has 0 spiro atoms. The predicted molar refractivity (Wildman–Crippen MR) is 56.9 cm³/mol. The quantitative estimate of drug-likeness (QED) is 0.710. The van der Waals surface area contributed by atoms with Gasteiger partial charge in [-0.15, -0.1) is 0 Å². The third-order valence-corrected chi connectivity index (χ3v) is 2.21. The number of halogens is 1. The number of nitrogens with zero attached hydrogens (tertiary/aromatic N) is 2. The van der Waals surface area contributed by atoms with Crippen LogP contribution in [0.2, 0.25) is 0 Å². The van der Waals surface area contributed by atoms with E-state index in [1.54, 1.807) is 25.4 Å². The van der Waals surface area contributed by atoms with Gasteiger partial charge in [-0.2, -0.15) is 0 Å². The number of hydrogen-bond acceptors (Lipinski definition) is 2. The van der Waals surface area contributed by atoms with Crippen LogP contribution in [0.25, 0.3) is 11.4 Å². The molecule has 0 fully saturated rings. The standard InChI is InChI=1S/C12H11FN2/c1-8-6-14-12(15-7-8)10-4-3-9(2)11(13)5-10/h3-7H,1-2H3. The van der Waals surface area contributed by atoms with E-state index in [1.807, 2.05) is 13.0 Å². The summed E-state index contributed by atoms with van der Waals surface area (Å²) in [5.74, 6) is 0.330. The van der Waals surface area contributed by atoms with Crippen LogP contribution in [0, 0.1) is 19.7 Å². The Kier molecular flexibility index (Phi) is 2.46. The van der Waals surface area contributed by atoms with Crippen molar-refractivity contribution in [3.63, 3.8) is 0 Å². The van der Waals surface area contributed by atoms with E-state index in [1.165, 1.54) is 6.07 Å². The lowest BCUT2D eigenvalue weighted by Gasteiger charge is -2.01. The van der Waals surface area contributed by atoms with Gasteiger partial charge < -0.3 is 0 Å². The van der Waals surface area contributed by atoms with Crippen molar-refractivity contribution in [2.75, 3.05) is 0 Å². The van der Waals surface area contributed by atoms with E-state index in [9.17, 15) is 4.39 Å². The Bertz CT molecular complexity index is 477. The summed E-state index contributed by atoms with van der Waals surface area (Å²) in [7, 11) is 0. The molecule has 0 radical (unpaired) electrons. The first-order valence-electron chi connectivity index (χ1n) is 4.72. The first kappa shape index (κ1) is 9.77. The van der Waals surface area contributed by atoms with Crippen LogP contribution in [0.1, 0.15) is 11.1 Å². The van der Waals surface area contributed by atoms with E-state index in [4.69, 9.17) is 0 Å². The molecule has 15 heavy (non-hydrogen) atoms. The molecule has 0 bridgehead atoms. The first-order valence-corrected chi connectivity index (χ1v) is 4.72. The van der Waals surface area contributed by atoms with Gasteiger partial charge in [-0.1, -0.05) is 12.1 Å². The Balaban J connectivity index is 2.45. The highest BCUT2D eigenvalue weighted by atomic mass is 19.1. The van der Waals surface area contributed by atoms with Gasteiger partial charge in [-0.3, -0.25) is 0 Å². The lowest BCUT2D eigenvalue weighted by atomic mass is 10.1. The van der Waals surface area contributed by atoms with Crippen molar-refractivity contribution in [3.8, 4) is 11.4 Å². The summed E-state index contributed by atoms with van der Waals surface area (Å²) in [6.07, 6.45) is 3.44. The number of benzene rings is 1. The van der Waals surface area contributed by atoms with Gasteiger partial charge >= 0.3 is 0 Å². The van der Waals surface area contributed by atoms with E-state index in [2.05, 4.69) is 9.97 Å². The summed E-state index contributed by atoms with van der Waals surface area (Å²) in [4.78, 5) is 8.28.